The fourth-order valence-corrected chi connectivity index (χ4v) is 1.95. The molecule has 1 aromatic rings. The Bertz CT molecular complexity index is 671. The molecule has 8 heteroatoms. The van der Waals surface area contributed by atoms with E-state index in [9.17, 15) is 14.4 Å². The maximum atomic E-state index is 12.0. The van der Waals surface area contributed by atoms with Crippen LogP contribution < -0.4 is 20.8 Å². The highest BCUT2D eigenvalue weighted by Crippen LogP contribution is 2.16. The highest BCUT2D eigenvalue weighted by molar-refractivity contribution is 6.35. The molecule has 142 valence electrons. The topological polar surface area (TPSA) is 109 Å². The molecule has 0 saturated heterocycles. The molecule has 0 heterocycles. The summed E-state index contributed by atoms with van der Waals surface area (Å²) in [5, 5.41) is 9.01. The molecule has 0 atom stereocenters. The van der Waals surface area contributed by atoms with Crippen molar-refractivity contribution in [2.24, 2.45) is 11.0 Å². The van der Waals surface area contributed by atoms with Gasteiger partial charge in [-0.15, -0.1) is 0 Å². The van der Waals surface area contributed by atoms with Crippen LogP contribution in [-0.4, -0.2) is 37.1 Å². The monoisotopic (exact) mass is 362 g/mol. The lowest BCUT2D eigenvalue weighted by Crippen LogP contribution is -2.39. The average Bonchev–Trinajstić information content (AvgIpc) is 2.62. The Labute approximate surface area is 153 Å². The molecular weight excluding hydrogens is 336 g/mol. The van der Waals surface area contributed by atoms with Crippen LogP contribution in [0.25, 0.3) is 0 Å². The zero-order valence-electron chi connectivity index (χ0n) is 15.6. The summed E-state index contributed by atoms with van der Waals surface area (Å²) in [5.74, 6) is -0.937. The lowest BCUT2D eigenvalue weighted by atomic mass is 10.2. The number of hydrogen-bond acceptors (Lipinski definition) is 5. The minimum Gasteiger partial charge on any atom is -0.496 e. The summed E-state index contributed by atoms with van der Waals surface area (Å²) in [7, 11) is 1.57. The van der Waals surface area contributed by atoms with Gasteiger partial charge in [-0.2, -0.15) is 5.10 Å². The van der Waals surface area contributed by atoms with Gasteiger partial charge in [0.15, 0.2) is 0 Å². The van der Waals surface area contributed by atoms with Crippen molar-refractivity contribution in [2.75, 3.05) is 13.7 Å². The number of hydrogen-bond donors (Lipinski definition) is 3. The van der Waals surface area contributed by atoms with E-state index in [1.54, 1.807) is 14.0 Å². The van der Waals surface area contributed by atoms with E-state index in [0.717, 1.165) is 5.56 Å². The zero-order chi connectivity index (χ0) is 19.5. The number of nitrogens with zero attached hydrogens (tertiary/aromatic N) is 1. The van der Waals surface area contributed by atoms with Crippen molar-refractivity contribution < 1.29 is 19.1 Å². The molecule has 0 aliphatic rings. The van der Waals surface area contributed by atoms with Gasteiger partial charge < -0.3 is 15.4 Å². The van der Waals surface area contributed by atoms with Crippen molar-refractivity contribution in [1.82, 2.24) is 16.1 Å². The first-order chi connectivity index (χ1) is 12.3. The zero-order valence-corrected chi connectivity index (χ0v) is 15.6. The molecule has 0 aliphatic heterocycles. The molecular formula is C18H26N4O4. The van der Waals surface area contributed by atoms with Gasteiger partial charge in [0.1, 0.15) is 5.75 Å². The lowest BCUT2D eigenvalue weighted by Gasteiger charge is -2.09. The number of ether oxygens (including phenoxy) is 1. The van der Waals surface area contributed by atoms with Gasteiger partial charge in [-0.05, 0) is 18.9 Å². The Morgan fingerprint density at radius 3 is 2.46 bits per heavy atom. The Kier molecular flexibility index (Phi) is 8.83. The molecule has 3 N–H and O–H groups in total. The summed E-state index contributed by atoms with van der Waals surface area (Å²) in [5.41, 5.74) is 3.38. The van der Waals surface area contributed by atoms with E-state index in [1.165, 1.54) is 0 Å². The van der Waals surface area contributed by atoms with Crippen molar-refractivity contribution in [3.05, 3.63) is 29.8 Å². The number of benzene rings is 1. The van der Waals surface area contributed by atoms with Crippen LogP contribution in [0.3, 0.4) is 0 Å². The molecule has 0 radical (unpaired) electrons. The number of rotatable bonds is 8. The van der Waals surface area contributed by atoms with Crippen molar-refractivity contribution in [2.45, 2.75) is 33.7 Å². The van der Waals surface area contributed by atoms with Gasteiger partial charge >= 0.3 is 11.8 Å². The Balaban J connectivity index is 2.42. The maximum Gasteiger partial charge on any atom is 0.329 e. The number of methoxy groups -OCH3 is 1. The van der Waals surface area contributed by atoms with E-state index in [0.29, 0.717) is 24.6 Å². The molecule has 0 aromatic heterocycles. The van der Waals surface area contributed by atoms with Crippen LogP contribution in [0.5, 0.6) is 5.75 Å². The fraction of sp³-hybridized carbons (Fsp3) is 0.444. The molecule has 8 nitrogen and oxygen atoms in total. The van der Waals surface area contributed by atoms with Crippen LogP contribution in [0.2, 0.25) is 0 Å². The third-order valence-corrected chi connectivity index (χ3v) is 3.31. The van der Waals surface area contributed by atoms with Crippen LogP contribution in [0.4, 0.5) is 0 Å². The van der Waals surface area contributed by atoms with Crippen molar-refractivity contribution in [1.29, 1.82) is 0 Å². The summed E-state index contributed by atoms with van der Waals surface area (Å²) in [6.07, 6.45) is 0.00302. The molecule has 3 amide bonds. The Hall–Kier alpha value is -2.90. The summed E-state index contributed by atoms with van der Waals surface area (Å²) in [6.45, 7) is 6.16. The molecule has 0 saturated carbocycles. The van der Waals surface area contributed by atoms with Crippen LogP contribution >= 0.6 is 0 Å². The fourth-order valence-electron chi connectivity index (χ4n) is 1.95. The van der Waals surface area contributed by atoms with E-state index in [-0.39, 0.29) is 18.2 Å². The smallest absolute Gasteiger partial charge is 0.329 e. The second-order valence-electron chi connectivity index (χ2n) is 6.16. The summed E-state index contributed by atoms with van der Waals surface area (Å²) in [6, 6.07) is 7.38. The van der Waals surface area contributed by atoms with Crippen LogP contribution in [0.15, 0.2) is 29.4 Å². The summed E-state index contributed by atoms with van der Waals surface area (Å²) in [4.78, 5) is 35.1. The maximum absolute atomic E-state index is 12.0. The van der Waals surface area contributed by atoms with Crippen molar-refractivity contribution >= 4 is 23.4 Å². The van der Waals surface area contributed by atoms with E-state index < -0.39 is 11.8 Å². The quantitative estimate of drug-likeness (QED) is 0.364. The normalized spacial score (nSPS) is 11.0. The van der Waals surface area contributed by atoms with Crippen molar-refractivity contribution in [3.63, 3.8) is 0 Å². The Morgan fingerprint density at radius 1 is 1.12 bits per heavy atom. The highest BCUT2D eigenvalue weighted by atomic mass is 16.5. The van der Waals surface area contributed by atoms with Crippen LogP contribution in [0, 0.1) is 5.92 Å². The van der Waals surface area contributed by atoms with Gasteiger partial charge in [-0.25, -0.2) is 5.43 Å². The number of carbonyl (C=O) groups excluding carboxylic acids is 3. The molecule has 26 heavy (non-hydrogen) atoms. The lowest BCUT2D eigenvalue weighted by molar-refractivity contribution is -0.139. The first-order valence-corrected chi connectivity index (χ1v) is 8.33. The number of nitrogens with one attached hydrogen (secondary N) is 3. The number of amides is 3. The van der Waals surface area contributed by atoms with Gasteiger partial charge in [0, 0.05) is 24.4 Å². The predicted octanol–water partition coefficient (Wildman–Crippen LogP) is 0.966. The molecule has 0 aliphatic carbocycles. The van der Waals surface area contributed by atoms with Gasteiger partial charge in [0.05, 0.1) is 13.5 Å². The first-order valence-electron chi connectivity index (χ1n) is 8.33. The standard InChI is InChI=1S/C18H26N4O4/c1-12(2)10-20-17(24)18(25)22-21-13(3)9-16(23)19-11-14-7-5-6-8-15(14)26-4/h5-8,12H,9-11H2,1-4H3,(H,19,23)(H,20,24)(H,22,25)/b21-13+. The third kappa shape index (κ3) is 7.78. The average molecular weight is 362 g/mol. The number of carbonyl (C=O) groups is 3. The number of para-hydroxylation sites is 1. The van der Waals surface area contributed by atoms with E-state index >= 15 is 0 Å². The SMILES string of the molecule is COc1ccccc1CNC(=O)C/C(C)=N/NC(=O)C(=O)NCC(C)C. The summed E-state index contributed by atoms with van der Waals surface area (Å²) < 4.78 is 5.22. The van der Waals surface area contributed by atoms with Gasteiger partial charge in [-0.1, -0.05) is 32.0 Å². The third-order valence-electron chi connectivity index (χ3n) is 3.31. The Morgan fingerprint density at radius 2 is 1.81 bits per heavy atom. The molecule has 0 bridgehead atoms. The molecule has 0 spiro atoms. The highest BCUT2D eigenvalue weighted by Gasteiger charge is 2.13. The molecule has 0 unspecified atom stereocenters. The van der Waals surface area contributed by atoms with Gasteiger partial charge in [0.25, 0.3) is 0 Å². The van der Waals surface area contributed by atoms with Gasteiger partial charge in [-0.3, -0.25) is 14.4 Å². The van der Waals surface area contributed by atoms with Gasteiger partial charge in [0.2, 0.25) is 5.91 Å². The van der Waals surface area contributed by atoms with Crippen LogP contribution in [-0.2, 0) is 20.9 Å². The first kappa shape index (κ1) is 21.1. The minimum atomic E-state index is -0.862. The molecule has 0 fully saturated rings. The van der Waals surface area contributed by atoms with E-state index in [4.69, 9.17) is 4.74 Å². The van der Waals surface area contributed by atoms with Crippen molar-refractivity contribution in [3.8, 4) is 5.75 Å². The van der Waals surface area contributed by atoms with E-state index in [2.05, 4.69) is 21.2 Å². The predicted molar refractivity (Wildman–Crippen MR) is 98.6 cm³/mol. The van der Waals surface area contributed by atoms with E-state index in [1.807, 2.05) is 38.1 Å². The second kappa shape index (κ2) is 10.9. The minimum absolute atomic E-state index is 0.00302. The largest absolute Gasteiger partial charge is 0.496 e. The second-order valence-corrected chi connectivity index (χ2v) is 6.16. The number of hydrazone groups is 1. The van der Waals surface area contributed by atoms with Crippen LogP contribution in [0.1, 0.15) is 32.8 Å². The molecule has 1 aromatic carbocycles. The molecule has 1 rings (SSSR count). The summed E-state index contributed by atoms with van der Waals surface area (Å²) >= 11 is 0.